The summed E-state index contributed by atoms with van der Waals surface area (Å²) in [4.78, 5) is 4.25. The lowest BCUT2D eigenvalue weighted by Gasteiger charge is -1.99. The van der Waals surface area contributed by atoms with Gasteiger partial charge in [0, 0.05) is 24.7 Å². The molecule has 3 aromatic rings. The summed E-state index contributed by atoms with van der Waals surface area (Å²) in [6.07, 6.45) is 0. The SMILES string of the molecule is Cl.Oc1ccc(-c2noc(-c3ccc4c(c3)CNC4)n2)c(F)c1. The maximum atomic E-state index is 13.8. The van der Waals surface area contributed by atoms with E-state index in [4.69, 9.17) is 4.52 Å². The van der Waals surface area contributed by atoms with Crippen LogP contribution in [0.3, 0.4) is 0 Å². The molecule has 0 aliphatic carbocycles. The van der Waals surface area contributed by atoms with Gasteiger partial charge in [0.15, 0.2) is 0 Å². The predicted octanol–water partition coefficient (Wildman–Crippen LogP) is 3.27. The molecule has 7 heteroatoms. The van der Waals surface area contributed by atoms with Crippen LogP contribution in [-0.4, -0.2) is 15.2 Å². The zero-order valence-electron chi connectivity index (χ0n) is 11.9. The van der Waals surface area contributed by atoms with Crippen molar-refractivity contribution in [2.75, 3.05) is 0 Å². The molecule has 118 valence electrons. The molecule has 2 N–H and O–H groups in total. The van der Waals surface area contributed by atoms with Crippen molar-refractivity contribution in [3.63, 3.8) is 0 Å². The van der Waals surface area contributed by atoms with Gasteiger partial charge in [-0.25, -0.2) is 4.39 Å². The number of phenols is 1. The van der Waals surface area contributed by atoms with Gasteiger partial charge in [0.25, 0.3) is 5.89 Å². The largest absolute Gasteiger partial charge is 0.508 e. The van der Waals surface area contributed by atoms with Gasteiger partial charge in [-0.3, -0.25) is 0 Å². The third-order valence-electron chi connectivity index (χ3n) is 3.70. The average molecular weight is 334 g/mol. The normalized spacial score (nSPS) is 12.7. The second-order valence-corrected chi connectivity index (χ2v) is 5.17. The Labute approximate surface area is 137 Å². The third-order valence-corrected chi connectivity index (χ3v) is 3.70. The van der Waals surface area contributed by atoms with Crippen LogP contribution in [0.1, 0.15) is 11.1 Å². The molecular formula is C16H13ClFN3O2. The molecule has 5 nitrogen and oxygen atoms in total. The van der Waals surface area contributed by atoms with Gasteiger partial charge in [-0.2, -0.15) is 4.98 Å². The number of halogens is 2. The van der Waals surface area contributed by atoms with E-state index in [-0.39, 0.29) is 29.5 Å². The van der Waals surface area contributed by atoms with Crippen molar-refractivity contribution in [1.82, 2.24) is 15.5 Å². The lowest BCUT2D eigenvalue weighted by Crippen LogP contribution is -1.99. The topological polar surface area (TPSA) is 71.2 Å². The number of hydrogen-bond acceptors (Lipinski definition) is 5. The number of rotatable bonds is 2. The Morgan fingerprint density at radius 2 is 1.91 bits per heavy atom. The van der Waals surface area contributed by atoms with Gasteiger partial charge in [-0.05, 0) is 35.4 Å². The molecule has 0 amide bonds. The van der Waals surface area contributed by atoms with Gasteiger partial charge >= 0.3 is 0 Å². The van der Waals surface area contributed by atoms with E-state index in [1.54, 1.807) is 0 Å². The number of aromatic hydroxyl groups is 1. The Hall–Kier alpha value is -2.44. The Bertz CT molecular complexity index is 866. The minimum atomic E-state index is -0.592. The van der Waals surface area contributed by atoms with E-state index in [1.807, 2.05) is 18.2 Å². The smallest absolute Gasteiger partial charge is 0.258 e. The number of benzene rings is 2. The molecule has 2 aromatic carbocycles. The molecule has 1 aliphatic rings. The van der Waals surface area contributed by atoms with E-state index < -0.39 is 5.82 Å². The van der Waals surface area contributed by atoms with Crippen LogP contribution in [0.4, 0.5) is 4.39 Å². The molecule has 1 aliphatic heterocycles. The summed E-state index contributed by atoms with van der Waals surface area (Å²) < 4.78 is 19.1. The molecule has 0 bridgehead atoms. The standard InChI is InChI=1S/C16H12FN3O2.ClH/c17-14-6-12(21)3-4-13(14)15-19-16(22-20-15)9-1-2-10-7-18-8-11(10)5-9;/h1-6,18,21H,7-8H2;1H. The summed E-state index contributed by atoms with van der Waals surface area (Å²) in [5.41, 5.74) is 3.46. The summed E-state index contributed by atoms with van der Waals surface area (Å²) in [5.74, 6) is -0.232. The predicted molar refractivity (Wildman–Crippen MR) is 84.6 cm³/mol. The average Bonchev–Trinajstić information content (AvgIpc) is 3.15. The van der Waals surface area contributed by atoms with Crippen molar-refractivity contribution in [2.24, 2.45) is 0 Å². The quantitative estimate of drug-likeness (QED) is 0.753. The minimum absolute atomic E-state index is 0. The van der Waals surface area contributed by atoms with Crippen LogP contribution in [0.25, 0.3) is 22.8 Å². The van der Waals surface area contributed by atoms with Crippen molar-refractivity contribution in [2.45, 2.75) is 13.1 Å². The van der Waals surface area contributed by atoms with E-state index >= 15 is 0 Å². The Kier molecular flexibility index (Phi) is 4.02. The summed E-state index contributed by atoms with van der Waals surface area (Å²) in [7, 11) is 0. The van der Waals surface area contributed by atoms with Crippen LogP contribution in [0.5, 0.6) is 5.75 Å². The maximum absolute atomic E-state index is 13.8. The zero-order chi connectivity index (χ0) is 15.1. The van der Waals surface area contributed by atoms with Gasteiger partial charge < -0.3 is 14.9 Å². The van der Waals surface area contributed by atoms with Crippen LogP contribution in [0.15, 0.2) is 40.9 Å². The van der Waals surface area contributed by atoms with Crippen LogP contribution in [0, 0.1) is 5.82 Å². The van der Waals surface area contributed by atoms with E-state index in [0.29, 0.717) is 5.89 Å². The molecule has 23 heavy (non-hydrogen) atoms. The highest BCUT2D eigenvalue weighted by Crippen LogP contribution is 2.28. The fourth-order valence-corrected chi connectivity index (χ4v) is 2.56. The number of fused-ring (bicyclic) bond motifs is 1. The molecule has 0 unspecified atom stereocenters. The minimum Gasteiger partial charge on any atom is -0.508 e. The number of phenolic OH excluding ortho intramolecular Hbond substituents is 1. The lowest BCUT2D eigenvalue weighted by atomic mass is 10.1. The van der Waals surface area contributed by atoms with Gasteiger partial charge in [-0.15, -0.1) is 12.4 Å². The van der Waals surface area contributed by atoms with E-state index in [2.05, 4.69) is 15.5 Å². The Morgan fingerprint density at radius 1 is 1.09 bits per heavy atom. The van der Waals surface area contributed by atoms with Crippen molar-refractivity contribution >= 4 is 12.4 Å². The molecule has 4 rings (SSSR count). The molecule has 2 heterocycles. The highest BCUT2D eigenvalue weighted by atomic mass is 35.5. The fourth-order valence-electron chi connectivity index (χ4n) is 2.56. The highest BCUT2D eigenvalue weighted by Gasteiger charge is 2.17. The lowest BCUT2D eigenvalue weighted by molar-refractivity contribution is 0.431. The second kappa shape index (κ2) is 5.98. The molecule has 1 aromatic heterocycles. The van der Waals surface area contributed by atoms with Gasteiger partial charge in [0.1, 0.15) is 11.6 Å². The summed E-state index contributed by atoms with van der Waals surface area (Å²) in [5, 5.41) is 16.3. The third kappa shape index (κ3) is 2.78. The van der Waals surface area contributed by atoms with Crippen LogP contribution < -0.4 is 5.32 Å². The monoisotopic (exact) mass is 333 g/mol. The molecule has 0 saturated carbocycles. The van der Waals surface area contributed by atoms with Crippen LogP contribution in [-0.2, 0) is 13.1 Å². The van der Waals surface area contributed by atoms with E-state index in [0.717, 1.165) is 24.7 Å². The first kappa shape index (κ1) is 15.5. The zero-order valence-corrected chi connectivity index (χ0v) is 12.7. The maximum Gasteiger partial charge on any atom is 0.258 e. The van der Waals surface area contributed by atoms with Crippen molar-refractivity contribution in [3.8, 4) is 28.6 Å². The van der Waals surface area contributed by atoms with Crippen LogP contribution >= 0.6 is 12.4 Å². The molecule has 0 fully saturated rings. The van der Waals surface area contributed by atoms with Gasteiger partial charge in [0.05, 0.1) is 5.56 Å². The molecule has 0 radical (unpaired) electrons. The molecule has 0 saturated heterocycles. The highest BCUT2D eigenvalue weighted by molar-refractivity contribution is 5.85. The number of aromatic nitrogens is 2. The number of nitrogens with zero attached hydrogens (tertiary/aromatic N) is 2. The van der Waals surface area contributed by atoms with Crippen molar-refractivity contribution in [1.29, 1.82) is 0 Å². The summed E-state index contributed by atoms with van der Waals surface area (Å²) >= 11 is 0. The van der Waals surface area contributed by atoms with E-state index in [9.17, 15) is 9.50 Å². The van der Waals surface area contributed by atoms with Crippen molar-refractivity contribution < 1.29 is 14.0 Å². The Morgan fingerprint density at radius 3 is 2.74 bits per heavy atom. The van der Waals surface area contributed by atoms with E-state index in [1.165, 1.54) is 23.3 Å². The first-order valence-corrected chi connectivity index (χ1v) is 6.86. The summed E-state index contributed by atoms with van der Waals surface area (Å²) in [6.45, 7) is 1.68. The number of hydrogen-bond donors (Lipinski definition) is 2. The molecule has 0 spiro atoms. The summed E-state index contributed by atoms with van der Waals surface area (Å²) in [6, 6.07) is 9.76. The molecular weight excluding hydrogens is 321 g/mol. The second-order valence-electron chi connectivity index (χ2n) is 5.17. The van der Waals surface area contributed by atoms with Crippen molar-refractivity contribution in [3.05, 3.63) is 53.3 Å². The van der Waals surface area contributed by atoms with Gasteiger partial charge in [-0.1, -0.05) is 11.2 Å². The van der Waals surface area contributed by atoms with Crippen LogP contribution in [0.2, 0.25) is 0 Å². The van der Waals surface area contributed by atoms with Gasteiger partial charge in [0.2, 0.25) is 5.82 Å². The molecule has 0 atom stereocenters. The fraction of sp³-hybridized carbons (Fsp3) is 0.125. The first-order valence-electron chi connectivity index (χ1n) is 6.86. The first-order chi connectivity index (χ1) is 10.7. The number of nitrogens with one attached hydrogen (secondary N) is 1. The Balaban J connectivity index is 0.00000156.